The summed E-state index contributed by atoms with van der Waals surface area (Å²) in [7, 11) is 1.12. The summed E-state index contributed by atoms with van der Waals surface area (Å²) in [6.07, 6.45) is 2.29. The summed E-state index contributed by atoms with van der Waals surface area (Å²) in [5.41, 5.74) is 2.12. The minimum Gasteiger partial charge on any atom is -0.324 e. The van der Waals surface area contributed by atoms with Crippen LogP contribution in [0.15, 0.2) is 0 Å². The Hall–Kier alpha value is -0.585. The van der Waals surface area contributed by atoms with Crippen LogP contribution >= 0.6 is 0 Å². The lowest BCUT2D eigenvalue weighted by Crippen LogP contribution is -2.29. The van der Waals surface area contributed by atoms with Crippen LogP contribution in [0, 0.1) is 0 Å². The highest BCUT2D eigenvalue weighted by Gasteiger charge is 2.12. The quantitative estimate of drug-likeness (QED) is 0.355. The predicted molar refractivity (Wildman–Crippen MR) is 42.5 cm³/mol. The highest BCUT2D eigenvalue weighted by Crippen LogP contribution is 2.06. The Balaban J connectivity index is 1.91. The molecule has 1 aliphatic heterocycles. The third-order valence-electron chi connectivity index (χ3n) is 1.51. The van der Waals surface area contributed by atoms with Gasteiger partial charge in [0.1, 0.15) is 0 Å². The molecule has 0 spiro atoms. The summed E-state index contributed by atoms with van der Waals surface area (Å²) in [6.45, 7) is 3.20. The van der Waals surface area contributed by atoms with Crippen molar-refractivity contribution >= 4 is 13.6 Å². The maximum atomic E-state index is 10.3. The molecule has 0 unspecified atom stereocenters. The lowest BCUT2D eigenvalue weighted by atomic mass is 10.4. The molecule has 1 fully saturated rings. The van der Waals surface area contributed by atoms with Gasteiger partial charge in [0, 0.05) is 20.0 Å². The number of hydrogen-bond acceptors (Lipinski definition) is 4. The van der Waals surface area contributed by atoms with Gasteiger partial charge in [-0.05, 0) is 12.8 Å². The zero-order chi connectivity index (χ0) is 8.81. The van der Waals surface area contributed by atoms with E-state index < -0.39 is 0 Å². The lowest BCUT2D eigenvalue weighted by Gasteiger charge is -2.12. The Kier molecular flexibility index (Phi) is 4.06. The van der Waals surface area contributed by atoms with Gasteiger partial charge in [-0.25, -0.2) is 10.5 Å². The van der Waals surface area contributed by atoms with Crippen LogP contribution in [0.1, 0.15) is 19.8 Å². The van der Waals surface area contributed by atoms with Crippen LogP contribution in [-0.2, 0) is 14.3 Å². The van der Waals surface area contributed by atoms with E-state index in [0.29, 0.717) is 0 Å². The molecule has 67 valence electrons. The smallest absolute Gasteiger partial charge is 0.324 e. The van der Waals surface area contributed by atoms with Crippen LogP contribution in [0.4, 0.5) is 0 Å². The van der Waals surface area contributed by atoms with Crippen molar-refractivity contribution in [2.75, 3.05) is 13.1 Å². The molecule has 0 saturated carbocycles. The van der Waals surface area contributed by atoms with E-state index in [2.05, 4.69) is 10.2 Å². The normalized spacial score (nSPS) is 17.8. The van der Waals surface area contributed by atoms with Gasteiger partial charge in [0.15, 0.2) is 0 Å². The van der Waals surface area contributed by atoms with Gasteiger partial charge in [-0.3, -0.25) is 9.55 Å². The number of hydroxylamine groups is 3. The molecule has 1 radical (unpaired) electrons. The molecule has 1 amide bonds. The number of amides is 1. The first-order valence-electron chi connectivity index (χ1n) is 3.94. The van der Waals surface area contributed by atoms with Crippen LogP contribution in [0.2, 0.25) is 0 Å². The highest BCUT2D eigenvalue weighted by molar-refractivity contribution is 6.17. The van der Waals surface area contributed by atoms with Gasteiger partial charge in [0.25, 0.3) is 0 Å². The van der Waals surface area contributed by atoms with Crippen molar-refractivity contribution in [3.8, 4) is 0 Å². The van der Waals surface area contributed by atoms with Gasteiger partial charge < -0.3 is 4.76 Å². The van der Waals surface area contributed by atoms with Gasteiger partial charge in [-0.1, -0.05) is 0 Å². The molecule has 0 bridgehead atoms. The third kappa shape index (κ3) is 3.70. The zero-order valence-corrected chi connectivity index (χ0v) is 7.08. The van der Waals surface area contributed by atoms with E-state index >= 15 is 0 Å². The SMILES string of the molecule is CC(=O)NO[B]ON1CCCC1. The summed E-state index contributed by atoms with van der Waals surface area (Å²) in [6, 6.07) is 0. The Morgan fingerprint density at radius 1 is 1.50 bits per heavy atom. The van der Waals surface area contributed by atoms with Crippen LogP contribution in [0.5, 0.6) is 0 Å². The summed E-state index contributed by atoms with van der Waals surface area (Å²) in [4.78, 5) is 10.3. The van der Waals surface area contributed by atoms with Crippen molar-refractivity contribution in [1.29, 1.82) is 0 Å². The molecule has 1 N–H and O–H groups in total. The van der Waals surface area contributed by atoms with E-state index in [0.717, 1.165) is 33.6 Å². The Morgan fingerprint density at radius 2 is 2.17 bits per heavy atom. The van der Waals surface area contributed by atoms with Crippen LogP contribution in [0.25, 0.3) is 0 Å². The molecule has 6 heteroatoms. The number of carbonyl (C=O) groups is 1. The summed E-state index contributed by atoms with van der Waals surface area (Å²) >= 11 is 0. The third-order valence-corrected chi connectivity index (χ3v) is 1.51. The second kappa shape index (κ2) is 5.13. The topological polar surface area (TPSA) is 50.8 Å². The van der Waals surface area contributed by atoms with Crippen LogP contribution < -0.4 is 5.48 Å². The summed E-state index contributed by atoms with van der Waals surface area (Å²) in [5.74, 6) is -0.253. The number of carbonyl (C=O) groups excluding carboxylic acids is 1. The summed E-state index contributed by atoms with van der Waals surface area (Å²) < 4.78 is 9.59. The van der Waals surface area contributed by atoms with Crippen molar-refractivity contribution in [2.45, 2.75) is 19.8 Å². The van der Waals surface area contributed by atoms with Crippen LogP contribution in [0.3, 0.4) is 0 Å². The zero-order valence-electron chi connectivity index (χ0n) is 7.08. The standard InChI is InChI=1S/C6H12BN2O3/c1-6(10)8-11-7-12-9-4-2-3-5-9/h2-5H2,1H3,(H,8,10). The van der Waals surface area contributed by atoms with E-state index in [-0.39, 0.29) is 5.91 Å². The second-order valence-electron chi connectivity index (χ2n) is 2.61. The van der Waals surface area contributed by atoms with E-state index in [9.17, 15) is 4.79 Å². The average molecular weight is 171 g/mol. The van der Waals surface area contributed by atoms with E-state index in [1.54, 1.807) is 5.06 Å². The maximum Gasteiger partial charge on any atom is 0.531 e. The molecule has 0 aliphatic carbocycles. The molecular weight excluding hydrogens is 159 g/mol. The second-order valence-corrected chi connectivity index (χ2v) is 2.61. The Morgan fingerprint density at radius 3 is 2.75 bits per heavy atom. The molecule has 0 aromatic carbocycles. The Labute approximate surface area is 72.2 Å². The molecule has 1 saturated heterocycles. The number of rotatable bonds is 4. The minimum atomic E-state index is -0.253. The van der Waals surface area contributed by atoms with Crippen molar-refractivity contribution in [2.24, 2.45) is 0 Å². The molecule has 1 heterocycles. The highest BCUT2D eigenvalue weighted by atomic mass is 16.8. The molecule has 12 heavy (non-hydrogen) atoms. The van der Waals surface area contributed by atoms with Crippen molar-refractivity contribution < 1.29 is 14.3 Å². The molecule has 5 nitrogen and oxygen atoms in total. The molecule has 0 atom stereocenters. The largest absolute Gasteiger partial charge is 0.531 e. The molecule has 1 rings (SSSR count). The first-order chi connectivity index (χ1) is 5.79. The lowest BCUT2D eigenvalue weighted by molar-refractivity contribution is -0.128. The van der Waals surface area contributed by atoms with Crippen molar-refractivity contribution in [3.63, 3.8) is 0 Å². The molecule has 1 aliphatic rings. The fourth-order valence-corrected chi connectivity index (χ4v) is 0.983. The van der Waals surface area contributed by atoms with Crippen molar-refractivity contribution in [3.05, 3.63) is 0 Å². The van der Waals surface area contributed by atoms with Gasteiger partial charge in [-0.2, -0.15) is 0 Å². The van der Waals surface area contributed by atoms with E-state index in [4.69, 9.17) is 4.76 Å². The van der Waals surface area contributed by atoms with Gasteiger partial charge in [-0.15, -0.1) is 0 Å². The van der Waals surface area contributed by atoms with Gasteiger partial charge in [0.05, 0.1) is 0 Å². The fraction of sp³-hybridized carbons (Fsp3) is 0.833. The number of hydrogen-bond donors (Lipinski definition) is 1. The molecule has 0 aromatic rings. The van der Waals surface area contributed by atoms with Crippen molar-refractivity contribution in [1.82, 2.24) is 10.5 Å². The van der Waals surface area contributed by atoms with E-state index in [1.807, 2.05) is 0 Å². The predicted octanol–water partition coefficient (Wildman–Crippen LogP) is -0.384. The fourth-order valence-electron chi connectivity index (χ4n) is 0.983. The number of nitrogens with one attached hydrogen (secondary N) is 1. The first-order valence-corrected chi connectivity index (χ1v) is 3.94. The van der Waals surface area contributed by atoms with Crippen LogP contribution in [-0.4, -0.2) is 31.7 Å². The average Bonchev–Trinajstić information content (AvgIpc) is 2.49. The molecular formula is C6H12BN2O3. The molecule has 0 aromatic heterocycles. The summed E-state index contributed by atoms with van der Waals surface area (Å²) in [5, 5.41) is 1.78. The van der Waals surface area contributed by atoms with Gasteiger partial charge in [0.2, 0.25) is 5.91 Å². The Bertz CT molecular complexity index is 150. The first kappa shape index (κ1) is 9.50. The van der Waals surface area contributed by atoms with E-state index in [1.165, 1.54) is 6.92 Å². The monoisotopic (exact) mass is 171 g/mol. The number of nitrogens with zero attached hydrogens (tertiary/aromatic N) is 1. The maximum absolute atomic E-state index is 10.3. The minimum absolute atomic E-state index is 0.253. The van der Waals surface area contributed by atoms with Gasteiger partial charge >= 0.3 is 7.69 Å².